The molecule has 192 valence electrons. The van der Waals surface area contributed by atoms with E-state index in [-0.39, 0.29) is 17.9 Å². The van der Waals surface area contributed by atoms with Gasteiger partial charge < -0.3 is 14.7 Å². The van der Waals surface area contributed by atoms with E-state index < -0.39 is 17.6 Å². The van der Waals surface area contributed by atoms with Gasteiger partial charge in [-0.25, -0.2) is 4.39 Å². The van der Waals surface area contributed by atoms with E-state index >= 15 is 4.39 Å². The molecule has 4 rings (SSSR count). The smallest absolute Gasteiger partial charge is 0.309 e. The zero-order valence-corrected chi connectivity index (χ0v) is 21.9. The lowest BCUT2D eigenvalue weighted by Gasteiger charge is -2.39. The maximum absolute atomic E-state index is 15.6. The fourth-order valence-electron chi connectivity index (χ4n) is 4.85. The van der Waals surface area contributed by atoms with Crippen LogP contribution >= 0.6 is 23.4 Å². The largest absolute Gasteiger partial charge is 0.497 e. The molecule has 1 unspecified atom stereocenters. The van der Waals surface area contributed by atoms with Gasteiger partial charge in [0.1, 0.15) is 11.9 Å². The Hall–Kier alpha value is -2.42. The second-order valence-corrected chi connectivity index (χ2v) is 10.8. The SMILES string of the molecule is COc1ccc2ncc(Cl)c(C(F)CCC3(C(=O)O)CCN(CCCSc4ccncc4)CC3)c2c1. The summed E-state index contributed by atoms with van der Waals surface area (Å²) < 4.78 is 20.9. The molecule has 3 aromatic rings. The molecule has 1 N–H and O–H groups in total. The van der Waals surface area contributed by atoms with E-state index in [1.165, 1.54) is 11.1 Å². The number of carboxylic acids is 1. The minimum absolute atomic E-state index is 0.0882. The number of thioether (sulfide) groups is 1. The number of carbonyl (C=O) groups is 1. The lowest BCUT2D eigenvalue weighted by atomic mass is 9.74. The van der Waals surface area contributed by atoms with E-state index in [1.807, 2.05) is 12.1 Å². The van der Waals surface area contributed by atoms with Gasteiger partial charge in [0.25, 0.3) is 0 Å². The summed E-state index contributed by atoms with van der Waals surface area (Å²) in [6.07, 6.45) is 6.06. The summed E-state index contributed by atoms with van der Waals surface area (Å²) in [4.78, 5) is 24.2. The van der Waals surface area contributed by atoms with Gasteiger partial charge in [-0.15, -0.1) is 11.8 Å². The van der Waals surface area contributed by atoms with Crippen LogP contribution in [0.5, 0.6) is 5.75 Å². The summed E-state index contributed by atoms with van der Waals surface area (Å²) in [6, 6.07) is 9.28. The molecule has 1 aliphatic rings. The first-order valence-corrected chi connectivity index (χ1v) is 13.5. The predicted octanol–water partition coefficient (Wildman–Crippen LogP) is 6.43. The number of methoxy groups -OCH3 is 1. The van der Waals surface area contributed by atoms with E-state index in [0.29, 0.717) is 48.1 Å². The highest BCUT2D eigenvalue weighted by Gasteiger charge is 2.41. The fraction of sp³-hybridized carbons (Fsp3) is 0.444. The number of ether oxygens (including phenoxy) is 1. The third-order valence-corrected chi connectivity index (χ3v) is 8.46. The highest BCUT2D eigenvalue weighted by Crippen LogP contribution is 2.42. The van der Waals surface area contributed by atoms with Crippen molar-refractivity contribution >= 4 is 40.2 Å². The summed E-state index contributed by atoms with van der Waals surface area (Å²) in [5.74, 6) is 0.753. The molecule has 0 aliphatic carbocycles. The Bertz CT molecular complexity index is 1180. The van der Waals surface area contributed by atoms with Crippen LogP contribution in [0.25, 0.3) is 10.9 Å². The Morgan fingerprint density at radius 1 is 1.28 bits per heavy atom. The monoisotopic (exact) mass is 531 g/mol. The molecule has 1 saturated heterocycles. The van der Waals surface area contributed by atoms with Gasteiger partial charge >= 0.3 is 5.97 Å². The summed E-state index contributed by atoms with van der Waals surface area (Å²) in [7, 11) is 1.55. The summed E-state index contributed by atoms with van der Waals surface area (Å²) in [5, 5.41) is 10.9. The number of carboxylic acid groups (broad SMARTS) is 1. The number of aliphatic carboxylic acids is 1. The average Bonchev–Trinajstić information content (AvgIpc) is 2.90. The zero-order valence-electron chi connectivity index (χ0n) is 20.3. The Labute approximate surface area is 220 Å². The first kappa shape index (κ1) is 26.6. The second kappa shape index (κ2) is 12.2. The number of benzene rings is 1. The Morgan fingerprint density at radius 3 is 2.72 bits per heavy atom. The van der Waals surface area contributed by atoms with Crippen molar-refractivity contribution in [1.82, 2.24) is 14.9 Å². The Balaban J connectivity index is 1.34. The number of rotatable bonds is 11. The van der Waals surface area contributed by atoms with Crippen molar-refractivity contribution in [2.45, 2.75) is 43.2 Å². The maximum atomic E-state index is 15.6. The van der Waals surface area contributed by atoms with Crippen LogP contribution in [0.2, 0.25) is 5.02 Å². The summed E-state index contributed by atoms with van der Waals surface area (Å²) >= 11 is 8.16. The second-order valence-electron chi connectivity index (χ2n) is 9.22. The molecule has 0 amide bonds. The number of alkyl halides is 1. The van der Waals surface area contributed by atoms with Gasteiger partial charge in [0, 0.05) is 34.4 Å². The van der Waals surface area contributed by atoms with Crippen molar-refractivity contribution in [3.63, 3.8) is 0 Å². The number of halogens is 2. The Morgan fingerprint density at radius 2 is 2.03 bits per heavy atom. The average molecular weight is 532 g/mol. The van der Waals surface area contributed by atoms with Crippen molar-refractivity contribution in [1.29, 1.82) is 0 Å². The molecule has 6 nitrogen and oxygen atoms in total. The predicted molar refractivity (Wildman–Crippen MR) is 142 cm³/mol. The number of likely N-dealkylation sites (tertiary alicyclic amines) is 1. The minimum Gasteiger partial charge on any atom is -0.497 e. The van der Waals surface area contributed by atoms with Crippen molar-refractivity contribution in [2.75, 3.05) is 32.5 Å². The standard InChI is InChI=1S/C27H31ClFN3O3S/c1-35-19-3-4-24-21(17-19)25(22(28)18-31-24)23(29)5-8-27(26(33)34)9-14-32(15-10-27)13-2-16-36-20-6-11-30-12-7-20/h3-4,6-7,11-12,17-18,23H,2,5,8-10,13-16H2,1H3,(H,33,34). The first-order valence-electron chi connectivity index (χ1n) is 12.2. The van der Waals surface area contributed by atoms with Crippen LogP contribution in [0.4, 0.5) is 4.39 Å². The van der Waals surface area contributed by atoms with E-state index in [0.717, 1.165) is 18.7 Å². The molecule has 0 saturated carbocycles. The highest BCUT2D eigenvalue weighted by atomic mass is 35.5. The van der Waals surface area contributed by atoms with Crippen LogP contribution in [0.1, 0.15) is 43.8 Å². The van der Waals surface area contributed by atoms with Crippen LogP contribution < -0.4 is 4.74 Å². The first-order chi connectivity index (χ1) is 17.4. The number of piperidine rings is 1. The Kier molecular flexibility index (Phi) is 9.04. The van der Waals surface area contributed by atoms with Crippen molar-refractivity contribution in [2.24, 2.45) is 5.41 Å². The van der Waals surface area contributed by atoms with Gasteiger partial charge in [0.05, 0.1) is 23.1 Å². The molecule has 1 fully saturated rings. The molecule has 36 heavy (non-hydrogen) atoms. The van der Waals surface area contributed by atoms with Crippen molar-refractivity contribution in [3.8, 4) is 5.75 Å². The third-order valence-electron chi connectivity index (χ3n) is 7.06. The molecule has 0 bridgehead atoms. The number of hydrogen-bond acceptors (Lipinski definition) is 6. The fourth-order valence-corrected chi connectivity index (χ4v) is 5.94. The van der Waals surface area contributed by atoms with Crippen LogP contribution in [0.3, 0.4) is 0 Å². The molecule has 0 radical (unpaired) electrons. The van der Waals surface area contributed by atoms with E-state index in [9.17, 15) is 9.90 Å². The van der Waals surface area contributed by atoms with E-state index in [1.54, 1.807) is 49.5 Å². The van der Waals surface area contributed by atoms with Gasteiger partial charge in [0.2, 0.25) is 0 Å². The topological polar surface area (TPSA) is 75.6 Å². The molecule has 1 atom stereocenters. The van der Waals surface area contributed by atoms with Crippen LogP contribution in [0.15, 0.2) is 53.8 Å². The highest BCUT2D eigenvalue weighted by molar-refractivity contribution is 7.99. The molecule has 1 aliphatic heterocycles. The van der Waals surface area contributed by atoms with Gasteiger partial charge in [-0.05, 0) is 87.8 Å². The third kappa shape index (κ3) is 6.28. The molecular formula is C27H31ClFN3O3S. The van der Waals surface area contributed by atoms with Gasteiger partial charge in [0.15, 0.2) is 0 Å². The molecule has 2 aromatic heterocycles. The van der Waals surface area contributed by atoms with Crippen molar-refractivity contribution < 1.29 is 19.0 Å². The van der Waals surface area contributed by atoms with Crippen LogP contribution in [-0.4, -0.2) is 58.4 Å². The molecule has 9 heteroatoms. The summed E-state index contributed by atoms with van der Waals surface area (Å²) in [5.41, 5.74) is 0.0611. The number of pyridine rings is 2. The molecular weight excluding hydrogens is 501 g/mol. The quantitative estimate of drug-likeness (QED) is 0.225. The lowest BCUT2D eigenvalue weighted by molar-refractivity contribution is -0.153. The van der Waals surface area contributed by atoms with Gasteiger partial charge in [-0.3, -0.25) is 14.8 Å². The normalized spacial score (nSPS) is 16.6. The molecule has 1 aromatic carbocycles. The maximum Gasteiger partial charge on any atom is 0.309 e. The van der Waals surface area contributed by atoms with Crippen LogP contribution in [0, 0.1) is 5.41 Å². The number of hydrogen-bond donors (Lipinski definition) is 1. The van der Waals surface area contributed by atoms with Gasteiger partial charge in [-0.1, -0.05) is 11.6 Å². The van der Waals surface area contributed by atoms with E-state index in [4.69, 9.17) is 16.3 Å². The van der Waals surface area contributed by atoms with Gasteiger partial charge in [-0.2, -0.15) is 0 Å². The van der Waals surface area contributed by atoms with Crippen molar-refractivity contribution in [3.05, 3.63) is 59.5 Å². The number of nitrogens with zero attached hydrogens (tertiary/aromatic N) is 3. The molecule has 3 heterocycles. The summed E-state index contributed by atoms with van der Waals surface area (Å²) in [6.45, 7) is 2.35. The number of aromatic nitrogens is 2. The molecule has 0 spiro atoms. The minimum atomic E-state index is -1.39. The number of fused-ring (bicyclic) bond motifs is 1. The zero-order chi connectivity index (χ0) is 25.5. The van der Waals surface area contributed by atoms with Crippen LogP contribution in [-0.2, 0) is 4.79 Å². The van der Waals surface area contributed by atoms with E-state index in [2.05, 4.69) is 14.9 Å². The lowest BCUT2D eigenvalue weighted by Crippen LogP contribution is -2.44.